The predicted octanol–water partition coefficient (Wildman–Crippen LogP) is 5.42. The van der Waals surface area contributed by atoms with Crippen molar-refractivity contribution < 1.29 is 4.79 Å². The summed E-state index contributed by atoms with van der Waals surface area (Å²) in [6.07, 6.45) is 1.62. The number of para-hydroxylation sites is 1. The van der Waals surface area contributed by atoms with Gasteiger partial charge in [-0.05, 0) is 41.3 Å². The van der Waals surface area contributed by atoms with Crippen molar-refractivity contribution in [1.82, 2.24) is 10.4 Å². The van der Waals surface area contributed by atoms with Gasteiger partial charge in [-0.2, -0.15) is 5.10 Å². The summed E-state index contributed by atoms with van der Waals surface area (Å²) in [4.78, 5) is 17.0. The van der Waals surface area contributed by atoms with E-state index in [4.69, 9.17) is 0 Å². The largest absolute Gasteiger partial charge is 0.353 e. The Kier molecular flexibility index (Phi) is 4.69. The second-order valence-electron chi connectivity index (χ2n) is 5.68. The molecule has 0 bridgehead atoms. The van der Waals surface area contributed by atoms with Crippen LogP contribution >= 0.6 is 27.3 Å². The summed E-state index contributed by atoms with van der Waals surface area (Å²) in [5, 5.41) is 7.09. The molecule has 6 heteroatoms. The first kappa shape index (κ1) is 16.8. The fourth-order valence-corrected chi connectivity index (χ4v) is 3.65. The number of thiophene rings is 1. The van der Waals surface area contributed by atoms with Gasteiger partial charge in [-0.3, -0.25) is 4.79 Å². The van der Waals surface area contributed by atoms with E-state index in [0.29, 0.717) is 5.56 Å². The molecule has 0 spiro atoms. The molecule has 0 unspecified atom stereocenters. The lowest BCUT2D eigenvalue weighted by atomic mass is 10.1. The van der Waals surface area contributed by atoms with E-state index >= 15 is 0 Å². The molecule has 0 aliphatic rings. The predicted molar refractivity (Wildman–Crippen MR) is 111 cm³/mol. The molecule has 2 aromatic heterocycles. The molecule has 1 amide bonds. The van der Waals surface area contributed by atoms with Gasteiger partial charge >= 0.3 is 0 Å². The standard InChI is InChI=1S/C20H14BrN3OS/c21-15-8-6-13(7-9-15)12-22-24-20(25)16-4-1-3-14-11-17(23-19(14)16)18-5-2-10-26-18/h1-12,23H,(H,24,25). The van der Waals surface area contributed by atoms with Gasteiger partial charge in [-0.25, -0.2) is 5.43 Å². The minimum absolute atomic E-state index is 0.247. The number of aromatic nitrogens is 1. The molecule has 2 N–H and O–H groups in total. The highest BCUT2D eigenvalue weighted by atomic mass is 79.9. The Hall–Kier alpha value is -2.70. The van der Waals surface area contributed by atoms with Crippen LogP contribution in [0, 0.1) is 0 Å². The molecule has 0 fully saturated rings. The summed E-state index contributed by atoms with van der Waals surface area (Å²) in [5.41, 5.74) is 5.90. The Bertz CT molecular complexity index is 1080. The van der Waals surface area contributed by atoms with Gasteiger partial charge in [0.05, 0.1) is 27.9 Å². The number of carbonyl (C=O) groups excluding carboxylic acids is 1. The van der Waals surface area contributed by atoms with Crippen molar-refractivity contribution in [2.75, 3.05) is 0 Å². The number of H-pyrrole nitrogens is 1. The fraction of sp³-hybridized carbons (Fsp3) is 0. The molecule has 0 aliphatic heterocycles. The van der Waals surface area contributed by atoms with E-state index in [1.807, 2.05) is 47.8 Å². The number of halogens is 1. The molecule has 0 saturated heterocycles. The van der Waals surface area contributed by atoms with Gasteiger partial charge in [0, 0.05) is 9.86 Å². The minimum Gasteiger partial charge on any atom is -0.353 e. The van der Waals surface area contributed by atoms with Crippen LogP contribution < -0.4 is 5.43 Å². The Morgan fingerprint density at radius 2 is 1.96 bits per heavy atom. The lowest BCUT2D eigenvalue weighted by Gasteiger charge is -2.02. The first-order valence-corrected chi connectivity index (χ1v) is 9.62. The zero-order chi connectivity index (χ0) is 17.9. The smallest absolute Gasteiger partial charge is 0.273 e. The molecule has 4 rings (SSSR count). The van der Waals surface area contributed by atoms with Crippen molar-refractivity contribution in [2.45, 2.75) is 0 Å². The Morgan fingerprint density at radius 1 is 1.12 bits per heavy atom. The normalized spacial score (nSPS) is 11.3. The number of benzene rings is 2. The number of carbonyl (C=O) groups is 1. The highest BCUT2D eigenvalue weighted by Gasteiger charge is 2.12. The molecule has 2 heterocycles. The summed E-state index contributed by atoms with van der Waals surface area (Å²) in [6, 6.07) is 19.5. The van der Waals surface area contributed by atoms with E-state index in [2.05, 4.69) is 43.6 Å². The van der Waals surface area contributed by atoms with Gasteiger partial charge in [0.1, 0.15) is 0 Å². The maximum Gasteiger partial charge on any atom is 0.273 e. The van der Waals surface area contributed by atoms with Crippen molar-refractivity contribution in [1.29, 1.82) is 0 Å². The number of rotatable bonds is 4. The summed E-state index contributed by atoms with van der Waals surface area (Å²) >= 11 is 5.05. The molecule has 4 nitrogen and oxygen atoms in total. The Morgan fingerprint density at radius 3 is 2.73 bits per heavy atom. The Balaban J connectivity index is 1.57. The molecule has 4 aromatic rings. The van der Waals surface area contributed by atoms with Crippen LogP contribution in [0.25, 0.3) is 21.5 Å². The molecule has 0 radical (unpaired) electrons. The minimum atomic E-state index is -0.247. The van der Waals surface area contributed by atoms with Crippen LogP contribution in [0.4, 0.5) is 0 Å². The van der Waals surface area contributed by atoms with Crippen molar-refractivity contribution in [3.05, 3.63) is 81.6 Å². The van der Waals surface area contributed by atoms with Gasteiger partial charge in [-0.15, -0.1) is 11.3 Å². The third-order valence-electron chi connectivity index (χ3n) is 3.94. The summed E-state index contributed by atoms with van der Waals surface area (Å²) in [7, 11) is 0. The average Bonchev–Trinajstić information content (AvgIpc) is 3.32. The maximum atomic E-state index is 12.5. The molecule has 0 aliphatic carbocycles. The molecule has 0 saturated carbocycles. The van der Waals surface area contributed by atoms with Crippen LogP contribution in [0.15, 0.2) is 75.6 Å². The SMILES string of the molecule is O=C(NN=Cc1ccc(Br)cc1)c1cccc2cc(-c3cccs3)[nH]c12. The second kappa shape index (κ2) is 7.27. The molecule has 128 valence electrons. The van der Waals surface area contributed by atoms with Crippen LogP contribution in [-0.2, 0) is 0 Å². The van der Waals surface area contributed by atoms with E-state index in [9.17, 15) is 4.79 Å². The summed E-state index contributed by atoms with van der Waals surface area (Å²) < 4.78 is 0.999. The van der Waals surface area contributed by atoms with Crippen LogP contribution in [0.3, 0.4) is 0 Å². The van der Waals surface area contributed by atoms with E-state index in [1.165, 1.54) is 0 Å². The highest BCUT2D eigenvalue weighted by Crippen LogP contribution is 2.29. The lowest BCUT2D eigenvalue weighted by Crippen LogP contribution is -2.18. The van der Waals surface area contributed by atoms with E-state index < -0.39 is 0 Å². The zero-order valence-electron chi connectivity index (χ0n) is 13.6. The number of aromatic amines is 1. The molecular weight excluding hydrogens is 410 g/mol. The molecule has 2 aromatic carbocycles. The van der Waals surface area contributed by atoms with Gasteiger partial charge < -0.3 is 4.98 Å². The van der Waals surface area contributed by atoms with Gasteiger partial charge in [-0.1, -0.05) is 46.3 Å². The number of nitrogens with one attached hydrogen (secondary N) is 2. The maximum absolute atomic E-state index is 12.5. The average molecular weight is 424 g/mol. The quantitative estimate of drug-likeness (QED) is 0.334. The first-order valence-electron chi connectivity index (χ1n) is 7.95. The van der Waals surface area contributed by atoms with E-state index in [-0.39, 0.29) is 5.91 Å². The van der Waals surface area contributed by atoms with Crippen LogP contribution in [0.2, 0.25) is 0 Å². The van der Waals surface area contributed by atoms with E-state index in [0.717, 1.165) is 31.5 Å². The Labute approximate surface area is 162 Å². The number of nitrogens with zero attached hydrogens (tertiary/aromatic N) is 1. The number of hydrogen-bond acceptors (Lipinski definition) is 3. The lowest BCUT2D eigenvalue weighted by molar-refractivity contribution is 0.0956. The summed E-state index contributed by atoms with van der Waals surface area (Å²) in [6.45, 7) is 0. The monoisotopic (exact) mass is 423 g/mol. The second-order valence-corrected chi connectivity index (χ2v) is 7.54. The molecule has 26 heavy (non-hydrogen) atoms. The van der Waals surface area contributed by atoms with Gasteiger partial charge in [0.25, 0.3) is 5.91 Å². The van der Waals surface area contributed by atoms with Crippen LogP contribution in [0.5, 0.6) is 0 Å². The van der Waals surface area contributed by atoms with Gasteiger partial charge in [0.2, 0.25) is 0 Å². The van der Waals surface area contributed by atoms with Crippen molar-refractivity contribution >= 4 is 50.3 Å². The topological polar surface area (TPSA) is 57.2 Å². The molecule has 0 atom stereocenters. The fourth-order valence-electron chi connectivity index (χ4n) is 2.68. The third-order valence-corrected chi connectivity index (χ3v) is 5.37. The van der Waals surface area contributed by atoms with E-state index in [1.54, 1.807) is 23.6 Å². The van der Waals surface area contributed by atoms with Crippen LogP contribution in [0.1, 0.15) is 15.9 Å². The zero-order valence-corrected chi connectivity index (χ0v) is 16.0. The van der Waals surface area contributed by atoms with Crippen LogP contribution in [-0.4, -0.2) is 17.1 Å². The van der Waals surface area contributed by atoms with Crippen molar-refractivity contribution in [3.8, 4) is 10.6 Å². The number of hydrogen-bond donors (Lipinski definition) is 2. The van der Waals surface area contributed by atoms with Crippen molar-refractivity contribution in [3.63, 3.8) is 0 Å². The van der Waals surface area contributed by atoms with Gasteiger partial charge in [0.15, 0.2) is 0 Å². The third kappa shape index (κ3) is 3.47. The summed E-state index contributed by atoms with van der Waals surface area (Å²) in [5.74, 6) is -0.247. The first-order chi connectivity index (χ1) is 12.7. The highest BCUT2D eigenvalue weighted by molar-refractivity contribution is 9.10. The number of amides is 1. The number of fused-ring (bicyclic) bond motifs is 1. The van der Waals surface area contributed by atoms with Crippen molar-refractivity contribution in [2.24, 2.45) is 5.10 Å². The number of hydrazone groups is 1. The molecular formula is C20H14BrN3OS.